The molecule has 1 saturated heterocycles. The third kappa shape index (κ3) is 4.78. The number of nitrogens with one attached hydrogen (secondary N) is 1. The van der Waals surface area contributed by atoms with E-state index in [-0.39, 0.29) is 12.2 Å². The van der Waals surface area contributed by atoms with Gasteiger partial charge in [-0.2, -0.15) is 0 Å². The Morgan fingerprint density at radius 3 is 2.56 bits per heavy atom. The van der Waals surface area contributed by atoms with E-state index >= 15 is 0 Å². The van der Waals surface area contributed by atoms with Gasteiger partial charge in [-0.3, -0.25) is 14.9 Å². The number of ether oxygens (including phenoxy) is 2. The first-order chi connectivity index (χ1) is 15.3. The Labute approximate surface area is 199 Å². The number of carbonyl (C=O) groups is 3. The summed E-state index contributed by atoms with van der Waals surface area (Å²) in [4.78, 5) is 39.2. The number of barbiturate groups is 1. The number of terminal acetylenes is 1. The van der Waals surface area contributed by atoms with Crippen LogP contribution in [0.2, 0.25) is 0 Å². The number of nitrogens with zero attached hydrogens (tertiary/aromatic N) is 1. The van der Waals surface area contributed by atoms with Crippen LogP contribution in [-0.2, 0) is 9.59 Å². The molecule has 0 aromatic heterocycles. The summed E-state index contributed by atoms with van der Waals surface area (Å²) >= 11 is 2.07. The monoisotopic (exact) mass is 544 g/mol. The molecule has 7 nitrogen and oxygen atoms in total. The first-order valence-electron chi connectivity index (χ1n) is 9.78. The Morgan fingerprint density at radius 1 is 1.16 bits per heavy atom. The lowest BCUT2D eigenvalue weighted by Crippen LogP contribution is -2.54. The number of hydrogen-bond donors (Lipinski definition) is 1. The van der Waals surface area contributed by atoms with Gasteiger partial charge in [0, 0.05) is 0 Å². The molecule has 0 radical (unpaired) electrons. The van der Waals surface area contributed by atoms with Crippen molar-refractivity contribution >= 4 is 52.2 Å². The van der Waals surface area contributed by atoms with Crippen molar-refractivity contribution in [2.45, 2.75) is 20.8 Å². The highest BCUT2D eigenvalue weighted by molar-refractivity contribution is 14.1. The lowest BCUT2D eigenvalue weighted by molar-refractivity contribution is -0.122. The molecular formula is C24H21IN2O5. The number of aryl methyl sites for hydroxylation is 2. The molecule has 8 heteroatoms. The van der Waals surface area contributed by atoms with Gasteiger partial charge in [-0.25, -0.2) is 9.69 Å². The molecule has 164 valence electrons. The van der Waals surface area contributed by atoms with Gasteiger partial charge in [0.1, 0.15) is 12.2 Å². The summed E-state index contributed by atoms with van der Waals surface area (Å²) in [6, 6.07) is 7.95. The smallest absolute Gasteiger partial charge is 0.335 e. The summed E-state index contributed by atoms with van der Waals surface area (Å²) in [6.07, 6.45) is 6.71. The Morgan fingerprint density at radius 2 is 1.91 bits per heavy atom. The number of carbonyl (C=O) groups excluding carboxylic acids is 3. The zero-order chi connectivity index (χ0) is 23.4. The zero-order valence-corrected chi connectivity index (χ0v) is 20.0. The van der Waals surface area contributed by atoms with Crippen molar-refractivity contribution in [1.29, 1.82) is 0 Å². The predicted molar refractivity (Wildman–Crippen MR) is 130 cm³/mol. The quantitative estimate of drug-likeness (QED) is 0.258. The predicted octanol–water partition coefficient (Wildman–Crippen LogP) is 3.99. The Bertz CT molecular complexity index is 1180. The first kappa shape index (κ1) is 23.3. The van der Waals surface area contributed by atoms with Crippen LogP contribution < -0.4 is 19.7 Å². The summed E-state index contributed by atoms with van der Waals surface area (Å²) < 4.78 is 11.9. The van der Waals surface area contributed by atoms with Crippen molar-refractivity contribution in [2.75, 3.05) is 18.1 Å². The molecule has 2 aromatic carbocycles. The highest BCUT2D eigenvalue weighted by Gasteiger charge is 2.37. The van der Waals surface area contributed by atoms with Crippen LogP contribution in [0.1, 0.15) is 23.6 Å². The van der Waals surface area contributed by atoms with Crippen LogP contribution >= 0.6 is 22.6 Å². The van der Waals surface area contributed by atoms with Crippen LogP contribution in [-0.4, -0.2) is 31.1 Å². The normalized spacial score (nSPS) is 14.9. The van der Waals surface area contributed by atoms with Gasteiger partial charge in [0.15, 0.2) is 11.5 Å². The third-order valence-electron chi connectivity index (χ3n) is 4.64. The molecule has 1 fully saturated rings. The maximum Gasteiger partial charge on any atom is 0.335 e. The average Bonchev–Trinajstić information content (AvgIpc) is 2.72. The number of imide groups is 2. The van der Waals surface area contributed by atoms with Crippen molar-refractivity contribution in [2.24, 2.45) is 0 Å². The fourth-order valence-electron chi connectivity index (χ4n) is 3.29. The van der Waals surface area contributed by atoms with Crippen molar-refractivity contribution in [3.8, 4) is 23.8 Å². The van der Waals surface area contributed by atoms with Crippen LogP contribution in [0.5, 0.6) is 11.5 Å². The van der Waals surface area contributed by atoms with E-state index in [1.165, 1.54) is 6.08 Å². The van der Waals surface area contributed by atoms with Crippen LogP contribution in [0.25, 0.3) is 6.08 Å². The molecule has 0 bridgehead atoms. The van der Waals surface area contributed by atoms with Crippen molar-refractivity contribution in [3.63, 3.8) is 0 Å². The highest BCUT2D eigenvalue weighted by Crippen LogP contribution is 2.35. The number of rotatable bonds is 6. The van der Waals surface area contributed by atoms with Gasteiger partial charge in [0.05, 0.1) is 15.9 Å². The zero-order valence-electron chi connectivity index (χ0n) is 17.8. The molecular weight excluding hydrogens is 523 g/mol. The minimum absolute atomic E-state index is 0.0738. The number of anilines is 1. The lowest BCUT2D eigenvalue weighted by atomic mass is 10.0. The summed E-state index contributed by atoms with van der Waals surface area (Å²) in [5.41, 5.74) is 2.53. The van der Waals surface area contributed by atoms with E-state index in [2.05, 4.69) is 33.8 Å². The number of hydrogen-bond acceptors (Lipinski definition) is 5. The molecule has 0 spiro atoms. The topological polar surface area (TPSA) is 84.9 Å². The van der Waals surface area contributed by atoms with Crippen LogP contribution in [0.3, 0.4) is 0 Å². The van der Waals surface area contributed by atoms with Gasteiger partial charge < -0.3 is 9.47 Å². The fraction of sp³-hybridized carbons (Fsp3) is 0.208. The molecule has 1 N–H and O–H groups in total. The number of amides is 4. The van der Waals surface area contributed by atoms with E-state index in [1.54, 1.807) is 31.2 Å². The molecule has 0 atom stereocenters. The number of halogens is 1. The summed E-state index contributed by atoms with van der Waals surface area (Å²) in [7, 11) is 0. The number of benzene rings is 2. The molecule has 0 saturated carbocycles. The standard InChI is InChI=1S/C24H21IN2O5/c1-5-9-32-21-18(25)12-16(13-20(21)31-6-2)11-17-22(28)26-24(30)27(23(17)29)19-8-7-14(3)10-15(19)4/h1,7-8,10-13H,6,9H2,2-4H3,(H,26,28,30)/b17-11+. The minimum Gasteiger partial charge on any atom is -0.490 e. The largest absolute Gasteiger partial charge is 0.490 e. The summed E-state index contributed by atoms with van der Waals surface area (Å²) in [5, 5.41) is 2.24. The van der Waals surface area contributed by atoms with Crippen LogP contribution in [0, 0.1) is 29.8 Å². The molecule has 1 aliphatic rings. The summed E-state index contributed by atoms with van der Waals surface area (Å²) in [5.74, 6) is 1.87. The Kier molecular flexibility index (Phi) is 7.20. The molecule has 32 heavy (non-hydrogen) atoms. The van der Waals surface area contributed by atoms with Crippen molar-refractivity contribution < 1.29 is 23.9 Å². The summed E-state index contributed by atoms with van der Waals surface area (Å²) in [6.45, 7) is 6.00. The van der Waals surface area contributed by atoms with E-state index in [4.69, 9.17) is 15.9 Å². The van der Waals surface area contributed by atoms with Crippen molar-refractivity contribution in [3.05, 3.63) is 56.2 Å². The molecule has 1 aliphatic heterocycles. The molecule has 3 rings (SSSR count). The first-order valence-corrected chi connectivity index (χ1v) is 10.9. The molecule has 2 aromatic rings. The van der Waals surface area contributed by atoms with Gasteiger partial charge in [-0.1, -0.05) is 23.6 Å². The Balaban J connectivity index is 2.05. The molecule has 0 aliphatic carbocycles. The maximum absolute atomic E-state index is 13.2. The highest BCUT2D eigenvalue weighted by atomic mass is 127. The van der Waals surface area contributed by atoms with E-state index < -0.39 is 17.8 Å². The number of urea groups is 1. The minimum atomic E-state index is -0.785. The van der Waals surface area contributed by atoms with E-state index in [9.17, 15) is 14.4 Å². The van der Waals surface area contributed by atoms with Gasteiger partial charge in [0.25, 0.3) is 11.8 Å². The van der Waals surface area contributed by atoms with E-state index in [0.29, 0.717) is 32.9 Å². The van der Waals surface area contributed by atoms with Crippen molar-refractivity contribution in [1.82, 2.24) is 5.32 Å². The molecule has 4 amide bonds. The second kappa shape index (κ2) is 9.87. The average molecular weight is 544 g/mol. The second-order valence-corrected chi connectivity index (χ2v) is 8.17. The van der Waals surface area contributed by atoms with Gasteiger partial charge in [-0.05, 0) is 78.8 Å². The molecule has 0 unspecified atom stereocenters. The van der Waals surface area contributed by atoms with Gasteiger partial charge >= 0.3 is 6.03 Å². The van der Waals surface area contributed by atoms with E-state index in [1.807, 2.05) is 19.9 Å². The van der Waals surface area contributed by atoms with Gasteiger partial charge in [-0.15, -0.1) is 6.42 Å². The third-order valence-corrected chi connectivity index (χ3v) is 5.44. The lowest BCUT2D eigenvalue weighted by Gasteiger charge is -2.27. The Hall–Kier alpha value is -3.32. The van der Waals surface area contributed by atoms with Crippen LogP contribution in [0.4, 0.5) is 10.5 Å². The SMILES string of the molecule is C#CCOc1c(I)cc(/C=C2\C(=O)NC(=O)N(c3ccc(C)cc3C)C2=O)cc1OCC. The maximum atomic E-state index is 13.2. The molecule has 1 heterocycles. The second-order valence-electron chi connectivity index (χ2n) is 7.00. The van der Waals surface area contributed by atoms with Crippen LogP contribution in [0.15, 0.2) is 35.9 Å². The fourth-order valence-corrected chi connectivity index (χ4v) is 4.07. The van der Waals surface area contributed by atoms with E-state index in [0.717, 1.165) is 16.0 Å². The van der Waals surface area contributed by atoms with Gasteiger partial charge in [0.2, 0.25) is 0 Å².